The monoisotopic (exact) mass is 439 g/mol. The topological polar surface area (TPSA) is 55.8 Å². The van der Waals surface area contributed by atoms with Gasteiger partial charge in [-0.2, -0.15) is 0 Å². The molecule has 2 saturated heterocycles. The predicted octanol–water partition coefficient (Wildman–Crippen LogP) is 5.10. The molecule has 2 amide bonds. The number of carbonyl (C=O) groups excluding carboxylic acids is 1. The molecule has 1 spiro atoms. The maximum Gasteiger partial charge on any atom is 0.317 e. The Hall–Kier alpha value is -2.60. The van der Waals surface area contributed by atoms with E-state index in [0.29, 0.717) is 17.7 Å². The van der Waals surface area contributed by atoms with E-state index >= 15 is 0 Å². The van der Waals surface area contributed by atoms with E-state index in [4.69, 9.17) is 0 Å². The van der Waals surface area contributed by atoms with Crippen LogP contribution in [-0.4, -0.2) is 47.1 Å². The highest BCUT2D eigenvalue weighted by Crippen LogP contribution is 2.55. The molecule has 0 saturated carbocycles. The van der Waals surface area contributed by atoms with Gasteiger partial charge in [0.1, 0.15) is 11.6 Å². The Morgan fingerprint density at radius 3 is 2.31 bits per heavy atom. The van der Waals surface area contributed by atoms with Crippen LogP contribution in [0.2, 0.25) is 0 Å². The third-order valence-electron chi connectivity index (χ3n) is 7.03. The molecule has 2 aliphatic heterocycles. The average molecular weight is 440 g/mol. The number of nitrogens with one attached hydrogen (secondary N) is 1. The Morgan fingerprint density at radius 2 is 1.72 bits per heavy atom. The Labute approximate surface area is 190 Å². The van der Waals surface area contributed by atoms with Crippen LogP contribution >= 0.6 is 0 Å². The standard InChI is InChI=1S/C26H34FN3O2/c1-18(2)16-30-17-26(24(30)21-6-10-23(31)11-7-21)12-14-29(15-13-26)25(32)28-19(3)20-4-8-22(27)9-5-20/h4-11,18-19,24,31H,12-17H2,1-3H3,(H,28,32)/t19-,24?/m0/s1. The predicted molar refractivity (Wildman–Crippen MR) is 124 cm³/mol. The lowest BCUT2D eigenvalue weighted by Crippen LogP contribution is -2.63. The number of phenols is 1. The zero-order chi connectivity index (χ0) is 22.9. The van der Waals surface area contributed by atoms with Crippen molar-refractivity contribution in [2.45, 2.75) is 45.7 Å². The summed E-state index contributed by atoms with van der Waals surface area (Å²) in [6, 6.07) is 14.0. The van der Waals surface area contributed by atoms with Crippen LogP contribution < -0.4 is 5.32 Å². The van der Waals surface area contributed by atoms with Gasteiger partial charge in [-0.25, -0.2) is 9.18 Å². The molecule has 2 heterocycles. The van der Waals surface area contributed by atoms with Gasteiger partial charge < -0.3 is 15.3 Å². The third kappa shape index (κ3) is 4.60. The van der Waals surface area contributed by atoms with Crippen LogP contribution in [0.5, 0.6) is 5.75 Å². The van der Waals surface area contributed by atoms with E-state index in [1.54, 1.807) is 24.3 Å². The maximum absolute atomic E-state index is 13.2. The number of piperidine rings is 1. The van der Waals surface area contributed by atoms with E-state index in [1.165, 1.54) is 17.7 Å². The molecule has 2 aliphatic rings. The lowest BCUT2D eigenvalue weighted by atomic mass is 9.63. The van der Waals surface area contributed by atoms with E-state index < -0.39 is 0 Å². The first kappa shape index (κ1) is 22.6. The van der Waals surface area contributed by atoms with Gasteiger partial charge in [-0.05, 0) is 61.1 Å². The summed E-state index contributed by atoms with van der Waals surface area (Å²) in [4.78, 5) is 17.3. The number of urea groups is 1. The smallest absolute Gasteiger partial charge is 0.317 e. The van der Waals surface area contributed by atoms with Gasteiger partial charge >= 0.3 is 6.03 Å². The fourth-order valence-corrected chi connectivity index (χ4v) is 5.42. The van der Waals surface area contributed by atoms with Crippen molar-refractivity contribution in [3.8, 4) is 5.75 Å². The second-order valence-electron chi connectivity index (χ2n) is 9.89. The first-order chi connectivity index (χ1) is 15.3. The summed E-state index contributed by atoms with van der Waals surface area (Å²) in [5, 5.41) is 12.8. The van der Waals surface area contributed by atoms with Crippen molar-refractivity contribution in [1.82, 2.24) is 15.1 Å². The van der Waals surface area contributed by atoms with Crippen LogP contribution in [-0.2, 0) is 0 Å². The summed E-state index contributed by atoms with van der Waals surface area (Å²) in [7, 11) is 0. The molecule has 32 heavy (non-hydrogen) atoms. The third-order valence-corrected chi connectivity index (χ3v) is 7.03. The number of likely N-dealkylation sites (tertiary alicyclic amines) is 2. The van der Waals surface area contributed by atoms with Crippen molar-refractivity contribution >= 4 is 6.03 Å². The van der Waals surface area contributed by atoms with Gasteiger partial charge in [-0.15, -0.1) is 0 Å². The van der Waals surface area contributed by atoms with Crippen molar-refractivity contribution in [3.63, 3.8) is 0 Å². The van der Waals surface area contributed by atoms with E-state index in [1.807, 2.05) is 24.0 Å². The van der Waals surface area contributed by atoms with Gasteiger partial charge in [-0.3, -0.25) is 4.90 Å². The maximum atomic E-state index is 13.2. The van der Waals surface area contributed by atoms with Crippen LogP contribution in [0.1, 0.15) is 56.8 Å². The summed E-state index contributed by atoms with van der Waals surface area (Å²) >= 11 is 0. The van der Waals surface area contributed by atoms with Crippen LogP contribution in [0, 0.1) is 17.2 Å². The van der Waals surface area contributed by atoms with Gasteiger partial charge in [0.25, 0.3) is 0 Å². The molecule has 2 atom stereocenters. The summed E-state index contributed by atoms with van der Waals surface area (Å²) in [5.74, 6) is 0.605. The molecule has 2 aromatic rings. The fourth-order valence-electron chi connectivity index (χ4n) is 5.42. The highest BCUT2D eigenvalue weighted by atomic mass is 19.1. The first-order valence-corrected chi connectivity index (χ1v) is 11.6. The number of aromatic hydroxyl groups is 1. The zero-order valence-electron chi connectivity index (χ0n) is 19.2. The second kappa shape index (κ2) is 9.10. The molecule has 2 aromatic carbocycles. The lowest BCUT2D eigenvalue weighted by Gasteiger charge is -2.61. The average Bonchev–Trinajstić information content (AvgIpc) is 2.75. The summed E-state index contributed by atoms with van der Waals surface area (Å²) < 4.78 is 13.2. The molecule has 1 unspecified atom stereocenters. The Balaban J connectivity index is 1.40. The van der Waals surface area contributed by atoms with Crippen LogP contribution in [0.3, 0.4) is 0 Å². The lowest BCUT2D eigenvalue weighted by molar-refractivity contribution is -0.112. The molecule has 5 nitrogen and oxygen atoms in total. The number of rotatable bonds is 5. The minimum absolute atomic E-state index is 0.0591. The van der Waals surface area contributed by atoms with Gasteiger partial charge in [0, 0.05) is 37.6 Å². The number of halogens is 1. The molecule has 0 bridgehead atoms. The van der Waals surface area contributed by atoms with E-state index in [0.717, 1.165) is 44.6 Å². The summed E-state index contributed by atoms with van der Waals surface area (Å²) in [5.41, 5.74) is 2.31. The Bertz CT molecular complexity index is 921. The Morgan fingerprint density at radius 1 is 1.09 bits per heavy atom. The van der Waals surface area contributed by atoms with Crippen molar-refractivity contribution in [1.29, 1.82) is 0 Å². The Kier molecular flexibility index (Phi) is 6.42. The first-order valence-electron chi connectivity index (χ1n) is 11.6. The number of phenolic OH excluding ortho intramolecular Hbond substituents is 1. The number of carbonyl (C=O) groups is 1. The van der Waals surface area contributed by atoms with E-state index in [2.05, 4.69) is 24.1 Å². The summed E-state index contributed by atoms with van der Waals surface area (Å²) in [6.07, 6.45) is 1.93. The number of amides is 2. The molecular formula is C26H34FN3O2. The van der Waals surface area contributed by atoms with Crippen molar-refractivity contribution in [2.24, 2.45) is 11.3 Å². The fraction of sp³-hybridized carbons (Fsp3) is 0.500. The SMILES string of the molecule is CC(C)CN1CC2(CCN(C(=O)N[C@@H](C)c3ccc(F)cc3)CC2)C1c1ccc(O)cc1. The van der Waals surface area contributed by atoms with Gasteiger partial charge in [-0.1, -0.05) is 38.1 Å². The largest absolute Gasteiger partial charge is 0.508 e. The molecule has 6 heteroatoms. The minimum Gasteiger partial charge on any atom is -0.508 e. The minimum atomic E-state index is -0.274. The highest BCUT2D eigenvalue weighted by Gasteiger charge is 2.54. The summed E-state index contributed by atoms with van der Waals surface area (Å²) in [6.45, 7) is 9.97. The molecule has 172 valence electrons. The molecule has 0 radical (unpaired) electrons. The highest BCUT2D eigenvalue weighted by molar-refractivity contribution is 5.74. The molecule has 2 N–H and O–H groups in total. The van der Waals surface area contributed by atoms with E-state index in [9.17, 15) is 14.3 Å². The van der Waals surface area contributed by atoms with Crippen LogP contribution in [0.25, 0.3) is 0 Å². The quantitative estimate of drug-likeness (QED) is 0.682. The van der Waals surface area contributed by atoms with Crippen molar-refractivity contribution in [3.05, 3.63) is 65.5 Å². The van der Waals surface area contributed by atoms with Crippen molar-refractivity contribution in [2.75, 3.05) is 26.2 Å². The number of benzene rings is 2. The van der Waals surface area contributed by atoms with Gasteiger partial charge in [0.05, 0.1) is 6.04 Å². The molecule has 4 rings (SSSR count). The normalized spacial score (nSPS) is 21.4. The number of hydrogen-bond donors (Lipinski definition) is 2. The zero-order valence-corrected chi connectivity index (χ0v) is 19.2. The number of nitrogens with zero attached hydrogens (tertiary/aromatic N) is 2. The van der Waals surface area contributed by atoms with Crippen LogP contribution in [0.15, 0.2) is 48.5 Å². The molecule has 0 aliphatic carbocycles. The van der Waals surface area contributed by atoms with Crippen molar-refractivity contribution < 1.29 is 14.3 Å². The molecule has 2 fully saturated rings. The molecular weight excluding hydrogens is 405 g/mol. The number of hydrogen-bond acceptors (Lipinski definition) is 3. The molecule has 0 aromatic heterocycles. The van der Waals surface area contributed by atoms with Gasteiger partial charge in [0.15, 0.2) is 0 Å². The second-order valence-corrected chi connectivity index (χ2v) is 9.89. The van der Waals surface area contributed by atoms with Gasteiger partial charge in [0.2, 0.25) is 0 Å². The van der Waals surface area contributed by atoms with E-state index in [-0.39, 0.29) is 23.3 Å². The van der Waals surface area contributed by atoms with Crippen LogP contribution in [0.4, 0.5) is 9.18 Å².